The number of rotatable bonds is 2. The minimum Gasteiger partial charge on any atom is -0.381 e. The minimum absolute atomic E-state index is 0.0376. The van der Waals surface area contributed by atoms with Crippen LogP contribution in [-0.4, -0.2) is 31.4 Å². The first-order valence-corrected chi connectivity index (χ1v) is 7.29. The van der Waals surface area contributed by atoms with Crippen LogP contribution in [-0.2, 0) is 11.2 Å². The van der Waals surface area contributed by atoms with Gasteiger partial charge in [-0.2, -0.15) is 0 Å². The number of Topliss-reactive ketones (excluding diaryl/α,β-unsaturated/α-hetero) is 1. The fourth-order valence-corrected chi connectivity index (χ4v) is 2.93. The zero-order valence-electron chi connectivity index (χ0n) is 11.5. The van der Waals surface area contributed by atoms with Gasteiger partial charge in [0.2, 0.25) is 0 Å². The monoisotopic (exact) mass is 273 g/mol. The SMILES string of the molecule is O=C1NCCCc2ccc(C(=O)C3CCOCC3)cc21. The van der Waals surface area contributed by atoms with Gasteiger partial charge in [0.15, 0.2) is 5.78 Å². The molecule has 2 aliphatic rings. The number of nitrogens with one attached hydrogen (secondary N) is 1. The predicted octanol–water partition coefficient (Wildman–Crippen LogP) is 1.97. The second-order valence-electron chi connectivity index (χ2n) is 5.48. The summed E-state index contributed by atoms with van der Waals surface area (Å²) in [6, 6.07) is 5.58. The molecule has 20 heavy (non-hydrogen) atoms. The standard InChI is InChI=1S/C16H19NO3/c18-15(12-5-8-20-9-6-12)13-4-3-11-2-1-7-17-16(19)14(11)10-13/h3-4,10,12H,1-2,5-9H2,(H,17,19). The van der Waals surface area contributed by atoms with E-state index in [2.05, 4.69) is 5.32 Å². The van der Waals surface area contributed by atoms with Crippen LogP contribution in [0.5, 0.6) is 0 Å². The highest BCUT2D eigenvalue weighted by Crippen LogP contribution is 2.23. The van der Waals surface area contributed by atoms with Crippen molar-refractivity contribution in [1.29, 1.82) is 0 Å². The minimum atomic E-state index is -0.0564. The molecule has 1 amide bonds. The van der Waals surface area contributed by atoms with Crippen molar-refractivity contribution in [2.24, 2.45) is 5.92 Å². The van der Waals surface area contributed by atoms with Crippen molar-refractivity contribution in [3.63, 3.8) is 0 Å². The highest BCUT2D eigenvalue weighted by molar-refractivity contribution is 6.02. The van der Waals surface area contributed by atoms with Crippen LogP contribution in [0.1, 0.15) is 45.5 Å². The zero-order chi connectivity index (χ0) is 13.9. The Balaban J connectivity index is 1.87. The van der Waals surface area contributed by atoms with E-state index in [1.54, 1.807) is 6.07 Å². The Morgan fingerprint density at radius 2 is 2.05 bits per heavy atom. The molecule has 0 aliphatic carbocycles. The summed E-state index contributed by atoms with van der Waals surface area (Å²) in [4.78, 5) is 24.5. The second-order valence-corrected chi connectivity index (χ2v) is 5.48. The number of amides is 1. The Bertz CT molecular complexity index is 533. The fraction of sp³-hybridized carbons (Fsp3) is 0.500. The number of hydrogen-bond acceptors (Lipinski definition) is 3. The van der Waals surface area contributed by atoms with Crippen LogP contribution in [0, 0.1) is 5.92 Å². The number of hydrogen-bond donors (Lipinski definition) is 1. The van der Waals surface area contributed by atoms with Gasteiger partial charge in [-0.3, -0.25) is 9.59 Å². The van der Waals surface area contributed by atoms with E-state index in [0.717, 1.165) is 31.2 Å². The third-order valence-electron chi connectivity index (χ3n) is 4.14. The molecule has 0 bridgehead atoms. The van der Waals surface area contributed by atoms with E-state index in [1.807, 2.05) is 12.1 Å². The lowest BCUT2D eigenvalue weighted by Crippen LogP contribution is -2.25. The Kier molecular flexibility index (Phi) is 3.83. The summed E-state index contributed by atoms with van der Waals surface area (Å²) in [5.41, 5.74) is 2.37. The lowest BCUT2D eigenvalue weighted by molar-refractivity contribution is 0.0545. The molecule has 1 fully saturated rings. The van der Waals surface area contributed by atoms with Crippen molar-refractivity contribution in [3.8, 4) is 0 Å². The predicted molar refractivity (Wildman–Crippen MR) is 75.0 cm³/mol. The van der Waals surface area contributed by atoms with E-state index in [9.17, 15) is 9.59 Å². The van der Waals surface area contributed by atoms with Crippen molar-refractivity contribution in [1.82, 2.24) is 5.32 Å². The summed E-state index contributed by atoms with van der Waals surface area (Å²) < 4.78 is 5.29. The number of ketones is 1. The quantitative estimate of drug-likeness (QED) is 0.838. The van der Waals surface area contributed by atoms with Crippen LogP contribution in [0.2, 0.25) is 0 Å². The molecule has 106 valence electrons. The first-order valence-electron chi connectivity index (χ1n) is 7.29. The number of fused-ring (bicyclic) bond motifs is 1. The molecule has 3 rings (SSSR count). The lowest BCUT2D eigenvalue weighted by atomic mass is 9.89. The van der Waals surface area contributed by atoms with Gasteiger partial charge >= 0.3 is 0 Å². The van der Waals surface area contributed by atoms with Crippen LogP contribution in [0.25, 0.3) is 0 Å². The molecule has 1 aromatic carbocycles. The zero-order valence-corrected chi connectivity index (χ0v) is 11.5. The van der Waals surface area contributed by atoms with Gasteiger partial charge in [-0.1, -0.05) is 12.1 Å². The molecule has 1 N–H and O–H groups in total. The van der Waals surface area contributed by atoms with Gasteiger partial charge in [-0.05, 0) is 37.3 Å². The topological polar surface area (TPSA) is 55.4 Å². The summed E-state index contributed by atoms with van der Waals surface area (Å²) in [7, 11) is 0. The van der Waals surface area contributed by atoms with E-state index >= 15 is 0 Å². The summed E-state index contributed by atoms with van der Waals surface area (Å²) in [5.74, 6) is 0.128. The number of ether oxygens (including phenoxy) is 1. The smallest absolute Gasteiger partial charge is 0.251 e. The molecule has 1 aromatic rings. The Morgan fingerprint density at radius 1 is 1.25 bits per heavy atom. The Morgan fingerprint density at radius 3 is 2.85 bits per heavy atom. The van der Waals surface area contributed by atoms with Gasteiger partial charge < -0.3 is 10.1 Å². The Labute approximate surface area is 118 Å². The third kappa shape index (κ3) is 2.61. The molecule has 2 aliphatic heterocycles. The van der Waals surface area contributed by atoms with Crippen LogP contribution in [0.15, 0.2) is 18.2 Å². The number of carbonyl (C=O) groups excluding carboxylic acids is 2. The summed E-state index contributed by atoms with van der Waals surface area (Å²) in [5, 5.41) is 2.88. The molecule has 0 unspecified atom stereocenters. The average molecular weight is 273 g/mol. The number of carbonyl (C=O) groups is 2. The summed E-state index contributed by atoms with van der Waals surface area (Å²) in [6.45, 7) is 2.01. The molecule has 0 aromatic heterocycles. The largest absolute Gasteiger partial charge is 0.381 e. The van der Waals surface area contributed by atoms with Gasteiger partial charge in [0.25, 0.3) is 5.91 Å². The van der Waals surface area contributed by atoms with E-state index in [4.69, 9.17) is 4.74 Å². The van der Waals surface area contributed by atoms with E-state index in [1.165, 1.54) is 0 Å². The van der Waals surface area contributed by atoms with Crippen molar-refractivity contribution in [3.05, 3.63) is 34.9 Å². The molecule has 0 spiro atoms. The van der Waals surface area contributed by atoms with Crippen molar-refractivity contribution < 1.29 is 14.3 Å². The Hall–Kier alpha value is -1.68. The molecular weight excluding hydrogens is 254 g/mol. The van der Waals surface area contributed by atoms with Crippen LogP contribution in [0.3, 0.4) is 0 Å². The average Bonchev–Trinajstić information content (AvgIpc) is 2.69. The van der Waals surface area contributed by atoms with Gasteiger partial charge in [0, 0.05) is 36.8 Å². The third-order valence-corrected chi connectivity index (χ3v) is 4.14. The van der Waals surface area contributed by atoms with Gasteiger partial charge in [-0.15, -0.1) is 0 Å². The molecule has 0 radical (unpaired) electrons. The maximum absolute atomic E-state index is 12.5. The summed E-state index contributed by atoms with van der Waals surface area (Å²) in [6.07, 6.45) is 3.40. The molecule has 4 nitrogen and oxygen atoms in total. The molecule has 0 atom stereocenters. The maximum atomic E-state index is 12.5. The number of aryl methyl sites for hydroxylation is 1. The van der Waals surface area contributed by atoms with E-state index < -0.39 is 0 Å². The molecule has 4 heteroatoms. The van der Waals surface area contributed by atoms with E-state index in [0.29, 0.717) is 30.9 Å². The normalized spacial score (nSPS) is 19.9. The first kappa shape index (κ1) is 13.3. The van der Waals surface area contributed by atoms with Crippen LogP contribution >= 0.6 is 0 Å². The second kappa shape index (κ2) is 5.75. The summed E-state index contributed by atoms with van der Waals surface area (Å²) >= 11 is 0. The van der Waals surface area contributed by atoms with Crippen LogP contribution < -0.4 is 5.32 Å². The molecule has 1 saturated heterocycles. The van der Waals surface area contributed by atoms with Gasteiger partial charge in [-0.25, -0.2) is 0 Å². The van der Waals surface area contributed by atoms with Crippen LogP contribution in [0.4, 0.5) is 0 Å². The highest BCUT2D eigenvalue weighted by Gasteiger charge is 2.24. The van der Waals surface area contributed by atoms with Gasteiger partial charge in [0.05, 0.1) is 0 Å². The molecular formula is C16H19NO3. The molecule has 0 saturated carbocycles. The highest BCUT2D eigenvalue weighted by atomic mass is 16.5. The molecule has 2 heterocycles. The maximum Gasteiger partial charge on any atom is 0.251 e. The lowest BCUT2D eigenvalue weighted by Gasteiger charge is -2.21. The first-order chi connectivity index (χ1) is 9.75. The fourth-order valence-electron chi connectivity index (χ4n) is 2.93. The van der Waals surface area contributed by atoms with Gasteiger partial charge in [0.1, 0.15) is 0 Å². The van der Waals surface area contributed by atoms with Crippen molar-refractivity contribution >= 4 is 11.7 Å². The van der Waals surface area contributed by atoms with E-state index in [-0.39, 0.29) is 17.6 Å². The van der Waals surface area contributed by atoms with Crippen molar-refractivity contribution in [2.45, 2.75) is 25.7 Å². The number of benzene rings is 1. The van der Waals surface area contributed by atoms with Crippen molar-refractivity contribution in [2.75, 3.05) is 19.8 Å².